The minimum atomic E-state index is -0.643. The van der Waals surface area contributed by atoms with Crippen LogP contribution in [-0.2, 0) is 11.3 Å². The van der Waals surface area contributed by atoms with E-state index in [4.69, 9.17) is 15.4 Å². The average molecular weight is 240 g/mol. The van der Waals surface area contributed by atoms with Gasteiger partial charge in [0, 0.05) is 0 Å². The Hall–Kier alpha value is -2.05. The topological polar surface area (TPSA) is 114 Å². The van der Waals surface area contributed by atoms with Crippen molar-refractivity contribution in [3.05, 3.63) is 17.8 Å². The van der Waals surface area contributed by atoms with Gasteiger partial charge in [0.2, 0.25) is 11.8 Å². The molecule has 1 aromatic heterocycles. The summed E-state index contributed by atoms with van der Waals surface area (Å²) in [5, 5.41) is 14.0. The molecular formula is C10H16N4O3. The maximum atomic E-state index is 11.7. The predicted molar refractivity (Wildman–Crippen MR) is 60.3 cm³/mol. The molecule has 0 aliphatic carbocycles. The zero-order valence-corrected chi connectivity index (χ0v) is 9.80. The van der Waals surface area contributed by atoms with Crippen molar-refractivity contribution in [3.63, 3.8) is 0 Å². The predicted octanol–water partition coefficient (Wildman–Crippen LogP) is 0.372. The summed E-state index contributed by atoms with van der Waals surface area (Å²) < 4.78 is 5.20. The second kappa shape index (κ2) is 5.88. The standard InChI is InChI=1S/C10H16N4O3/c1-3-7(9(11)14-16)10(15)13-5-8-12-4-6(2)17-8/h4,7,16H,3,5H2,1-2H3,(H2,11,14)(H,13,15). The van der Waals surface area contributed by atoms with E-state index < -0.39 is 5.92 Å². The van der Waals surface area contributed by atoms with Gasteiger partial charge in [-0.2, -0.15) is 0 Å². The summed E-state index contributed by atoms with van der Waals surface area (Å²) in [7, 11) is 0. The number of rotatable bonds is 5. The number of nitrogens with zero attached hydrogens (tertiary/aromatic N) is 2. The third-order valence-corrected chi connectivity index (χ3v) is 2.28. The zero-order chi connectivity index (χ0) is 12.8. The smallest absolute Gasteiger partial charge is 0.231 e. The minimum absolute atomic E-state index is 0.103. The van der Waals surface area contributed by atoms with Gasteiger partial charge in [0.25, 0.3) is 0 Å². The van der Waals surface area contributed by atoms with Crippen molar-refractivity contribution in [1.82, 2.24) is 10.3 Å². The Kier molecular flexibility index (Phi) is 4.50. The molecule has 7 heteroatoms. The third kappa shape index (κ3) is 3.47. The number of amidine groups is 1. The first-order valence-corrected chi connectivity index (χ1v) is 5.24. The SMILES string of the molecule is CCC(C(=O)NCc1ncc(C)o1)/C(N)=N/O. The highest BCUT2D eigenvalue weighted by molar-refractivity contribution is 6.01. The van der Waals surface area contributed by atoms with Crippen LogP contribution in [0.25, 0.3) is 0 Å². The van der Waals surface area contributed by atoms with Crippen LogP contribution < -0.4 is 11.1 Å². The average Bonchev–Trinajstić information content (AvgIpc) is 2.73. The minimum Gasteiger partial charge on any atom is -0.444 e. The molecule has 1 heterocycles. The number of oxime groups is 1. The number of hydrogen-bond acceptors (Lipinski definition) is 5. The first kappa shape index (κ1) is 13.0. The highest BCUT2D eigenvalue weighted by Crippen LogP contribution is 2.05. The van der Waals surface area contributed by atoms with Gasteiger partial charge in [-0.1, -0.05) is 12.1 Å². The second-order valence-corrected chi connectivity index (χ2v) is 3.57. The molecule has 7 nitrogen and oxygen atoms in total. The number of aryl methyl sites for hydroxylation is 1. The van der Waals surface area contributed by atoms with E-state index in [-0.39, 0.29) is 18.3 Å². The summed E-state index contributed by atoms with van der Waals surface area (Å²) in [6.45, 7) is 3.73. The van der Waals surface area contributed by atoms with Crippen molar-refractivity contribution in [2.75, 3.05) is 0 Å². The Balaban J connectivity index is 2.54. The van der Waals surface area contributed by atoms with Gasteiger partial charge in [0.1, 0.15) is 5.76 Å². The van der Waals surface area contributed by atoms with Crippen molar-refractivity contribution in [2.24, 2.45) is 16.8 Å². The number of amides is 1. The Morgan fingerprint density at radius 3 is 2.94 bits per heavy atom. The summed E-state index contributed by atoms with van der Waals surface area (Å²) in [4.78, 5) is 15.6. The molecule has 1 unspecified atom stereocenters. The summed E-state index contributed by atoms with van der Waals surface area (Å²) in [6, 6.07) is 0. The first-order valence-electron chi connectivity index (χ1n) is 5.24. The molecule has 0 aromatic carbocycles. The molecule has 0 saturated heterocycles. The molecule has 1 atom stereocenters. The van der Waals surface area contributed by atoms with Crippen LogP contribution in [0.15, 0.2) is 15.8 Å². The van der Waals surface area contributed by atoms with E-state index in [1.807, 2.05) is 0 Å². The molecular weight excluding hydrogens is 224 g/mol. The molecule has 0 saturated carbocycles. The van der Waals surface area contributed by atoms with Gasteiger partial charge in [-0.05, 0) is 13.3 Å². The van der Waals surface area contributed by atoms with Gasteiger partial charge in [-0.25, -0.2) is 4.98 Å². The van der Waals surface area contributed by atoms with E-state index >= 15 is 0 Å². The van der Waals surface area contributed by atoms with Crippen molar-refractivity contribution in [3.8, 4) is 0 Å². The van der Waals surface area contributed by atoms with Crippen LogP contribution in [0.2, 0.25) is 0 Å². The highest BCUT2D eigenvalue weighted by Gasteiger charge is 2.21. The number of nitrogens with two attached hydrogens (primary N) is 1. The summed E-state index contributed by atoms with van der Waals surface area (Å²) in [5.74, 6) is 0.0335. The lowest BCUT2D eigenvalue weighted by Gasteiger charge is -2.12. The maximum absolute atomic E-state index is 11.7. The normalized spacial score (nSPS) is 13.4. The monoisotopic (exact) mass is 240 g/mol. The van der Waals surface area contributed by atoms with Crippen LogP contribution in [0.3, 0.4) is 0 Å². The van der Waals surface area contributed by atoms with Gasteiger partial charge >= 0.3 is 0 Å². The number of carbonyl (C=O) groups excluding carboxylic acids is 1. The summed E-state index contributed by atoms with van der Waals surface area (Å²) in [5.41, 5.74) is 5.40. The van der Waals surface area contributed by atoms with Crippen LogP contribution in [0.5, 0.6) is 0 Å². The highest BCUT2D eigenvalue weighted by atomic mass is 16.4. The molecule has 0 radical (unpaired) electrons. The van der Waals surface area contributed by atoms with Crippen LogP contribution in [-0.4, -0.2) is 21.9 Å². The van der Waals surface area contributed by atoms with Gasteiger partial charge in [0.15, 0.2) is 5.84 Å². The van der Waals surface area contributed by atoms with E-state index in [2.05, 4.69) is 15.5 Å². The molecule has 4 N–H and O–H groups in total. The number of nitrogens with one attached hydrogen (secondary N) is 1. The van der Waals surface area contributed by atoms with Crippen LogP contribution >= 0.6 is 0 Å². The number of aromatic nitrogens is 1. The van der Waals surface area contributed by atoms with Crippen molar-refractivity contribution < 1.29 is 14.4 Å². The molecule has 1 rings (SSSR count). The van der Waals surface area contributed by atoms with Crippen LogP contribution in [0, 0.1) is 12.8 Å². The number of carbonyl (C=O) groups is 1. The Bertz CT molecular complexity index is 413. The fourth-order valence-corrected chi connectivity index (χ4v) is 1.37. The van der Waals surface area contributed by atoms with Crippen molar-refractivity contribution >= 4 is 11.7 Å². The molecule has 0 aliphatic heterocycles. The van der Waals surface area contributed by atoms with E-state index in [1.54, 1.807) is 20.0 Å². The molecule has 1 aromatic rings. The van der Waals surface area contributed by atoms with E-state index in [9.17, 15) is 4.79 Å². The molecule has 0 fully saturated rings. The molecule has 94 valence electrons. The maximum Gasteiger partial charge on any atom is 0.231 e. The molecule has 17 heavy (non-hydrogen) atoms. The molecule has 0 aliphatic rings. The Morgan fingerprint density at radius 2 is 2.47 bits per heavy atom. The molecule has 1 amide bonds. The number of hydrogen-bond donors (Lipinski definition) is 3. The van der Waals surface area contributed by atoms with E-state index in [1.165, 1.54) is 0 Å². The largest absolute Gasteiger partial charge is 0.444 e. The van der Waals surface area contributed by atoms with Gasteiger partial charge < -0.3 is 20.7 Å². The van der Waals surface area contributed by atoms with Gasteiger partial charge in [-0.3, -0.25) is 4.79 Å². The van der Waals surface area contributed by atoms with Crippen molar-refractivity contribution in [1.29, 1.82) is 0 Å². The van der Waals surface area contributed by atoms with E-state index in [0.29, 0.717) is 18.1 Å². The number of oxazole rings is 1. The summed E-state index contributed by atoms with van der Waals surface area (Å²) in [6.07, 6.45) is 2.02. The van der Waals surface area contributed by atoms with Crippen LogP contribution in [0.4, 0.5) is 0 Å². The third-order valence-electron chi connectivity index (χ3n) is 2.28. The van der Waals surface area contributed by atoms with Gasteiger partial charge in [0.05, 0.1) is 18.7 Å². The van der Waals surface area contributed by atoms with Crippen molar-refractivity contribution in [2.45, 2.75) is 26.8 Å². The second-order valence-electron chi connectivity index (χ2n) is 3.57. The zero-order valence-electron chi connectivity index (χ0n) is 9.80. The van der Waals surface area contributed by atoms with Crippen LogP contribution in [0.1, 0.15) is 25.0 Å². The summed E-state index contributed by atoms with van der Waals surface area (Å²) >= 11 is 0. The fraction of sp³-hybridized carbons (Fsp3) is 0.500. The Labute approximate surface area is 98.7 Å². The van der Waals surface area contributed by atoms with E-state index in [0.717, 1.165) is 0 Å². The first-order chi connectivity index (χ1) is 8.08. The lowest BCUT2D eigenvalue weighted by Crippen LogP contribution is -2.38. The quantitative estimate of drug-likeness (QED) is 0.298. The lowest BCUT2D eigenvalue weighted by molar-refractivity contribution is -0.123. The molecule has 0 bridgehead atoms. The van der Waals surface area contributed by atoms with Gasteiger partial charge in [-0.15, -0.1) is 0 Å². The molecule has 0 spiro atoms. The lowest BCUT2D eigenvalue weighted by atomic mass is 10.1. The Morgan fingerprint density at radius 1 is 1.76 bits per heavy atom. The fourth-order valence-electron chi connectivity index (χ4n) is 1.37.